The third-order valence-electron chi connectivity index (χ3n) is 3.14. The fraction of sp³-hybridized carbons (Fsp3) is 0.357. The summed E-state index contributed by atoms with van der Waals surface area (Å²) in [5.41, 5.74) is 4.93. The summed E-state index contributed by atoms with van der Waals surface area (Å²) in [4.78, 5) is 12.3. The maximum absolute atomic E-state index is 12.3. The van der Waals surface area contributed by atoms with Crippen molar-refractivity contribution in [2.45, 2.75) is 27.3 Å². The van der Waals surface area contributed by atoms with E-state index in [-0.39, 0.29) is 5.56 Å². The molecule has 2 N–H and O–H groups in total. The maximum atomic E-state index is 12.3. The first-order valence-electron chi connectivity index (χ1n) is 6.07. The average Bonchev–Trinajstić information content (AvgIpc) is 2.58. The van der Waals surface area contributed by atoms with Gasteiger partial charge in [-0.25, -0.2) is 4.68 Å². The van der Waals surface area contributed by atoms with Crippen molar-refractivity contribution in [3.8, 4) is 5.69 Å². The van der Waals surface area contributed by atoms with E-state index in [9.17, 15) is 4.79 Å². The molecule has 18 heavy (non-hydrogen) atoms. The largest absolute Gasteiger partial charge is 0.315 e. The number of nitrogens with zero attached hydrogens (tertiary/aromatic N) is 1. The van der Waals surface area contributed by atoms with Gasteiger partial charge in [0.15, 0.2) is 0 Å². The predicted octanol–water partition coefficient (Wildman–Crippen LogP) is 1.81. The number of aryl methyl sites for hydroxylation is 3. The topological polar surface area (TPSA) is 49.8 Å². The van der Waals surface area contributed by atoms with E-state index < -0.39 is 0 Å². The predicted molar refractivity (Wildman–Crippen MR) is 73.4 cm³/mol. The molecule has 0 aliphatic carbocycles. The van der Waals surface area contributed by atoms with Crippen LogP contribution >= 0.6 is 0 Å². The highest BCUT2D eigenvalue weighted by molar-refractivity contribution is 5.42. The van der Waals surface area contributed by atoms with E-state index in [0.717, 1.165) is 22.5 Å². The lowest BCUT2D eigenvalue weighted by Crippen LogP contribution is -2.21. The number of nitrogens with one attached hydrogen (secondary N) is 2. The second kappa shape index (κ2) is 4.82. The Hall–Kier alpha value is -1.81. The molecule has 2 rings (SSSR count). The van der Waals surface area contributed by atoms with Gasteiger partial charge >= 0.3 is 0 Å². The zero-order valence-corrected chi connectivity index (χ0v) is 11.3. The quantitative estimate of drug-likeness (QED) is 0.866. The van der Waals surface area contributed by atoms with Crippen LogP contribution in [0.4, 0.5) is 0 Å². The van der Waals surface area contributed by atoms with E-state index in [0.29, 0.717) is 6.54 Å². The molecule has 0 amide bonds. The first kappa shape index (κ1) is 12.6. The lowest BCUT2D eigenvalue weighted by Gasteiger charge is -2.06. The van der Waals surface area contributed by atoms with Crippen LogP contribution in [0.25, 0.3) is 5.69 Å². The average molecular weight is 245 g/mol. The number of aromatic amines is 1. The number of rotatable bonds is 3. The summed E-state index contributed by atoms with van der Waals surface area (Å²) in [5.74, 6) is 0. The SMILES string of the molecule is CNCc1c(C)[nH]n(-c2ccc(C)cc2C)c1=O. The molecule has 4 heteroatoms. The highest BCUT2D eigenvalue weighted by atomic mass is 16.1. The molecule has 0 spiro atoms. The van der Waals surface area contributed by atoms with Crippen LogP contribution in [0.2, 0.25) is 0 Å². The van der Waals surface area contributed by atoms with E-state index in [1.807, 2.05) is 40.0 Å². The zero-order chi connectivity index (χ0) is 13.3. The van der Waals surface area contributed by atoms with Crippen LogP contribution in [0, 0.1) is 20.8 Å². The lowest BCUT2D eigenvalue weighted by molar-refractivity contribution is 0.800. The van der Waals surface area contributed by atoms with Gasteiger partial charge in [0.05, 0.1) is 11.3 Å². The molecule has 0 aliphatic rings. The van der Waals surface area contributed by atoms with Crippen LogP contribution in [0.3, 0.4) is 0 Å². The monoisotopic (exact) mass is 245 g/mol. The van der Waals surface area contributed by atoms with Crippen LogP contribution < -0.4 is 10.9 Å². The number of benzene rings is 1. The molecule has 0 unspecified atom stereocenters. The molecule has 0 radical (unpaired) electrons. The Kier molecular flexibility index (Phi) is 3.39. The summed E-state index contributed by atoms with van der Waals surface area (Å²) in [6.45, 7) is 6.57. The fourth-order valence-electron chi connectivity index (χ4n) is 2.19. The molecule has 96 valence electrons. The first-order valence-corrected chi connectivity index (χ1v) is 6.07. The number of aromatic nitrogens is 2. The second-order valence-corrected chi connectivity index (χ2v) is 4.68. The van der Waals surface area contributed by atoms with Crippen molar-refractivity contribution in [1.82, 2.24) is 15.1 Å². The summed E-state index contributed by atoms with van der Waals surface area (Å²) in [7, 11) is 1.84. The van der Waals surface area contributed by atoms with Crippen molar-refractivity contribution in [1.29, 1.82) is 0 Å². The van der Waals surface area contributed by atoms with Crippen molar-refractivity contribution < 1.29 is 0 Å². The minimum atomic E-state index is 0.0220. The normalized spacial score (nSPS) is 10.9. The Bertz CT molecular complexity index is 622. The summed E-state index contributed by atoms with van der Waals surface area (Å²) in [6, 6.07) is 6.07. The van der Waals surface area contributed by atoms with Crippen LogP contribution in [0.15, 0.2) is 23.0 Å². The van der Waals surface area contributed by atoms with Gasteiger partial charge in [0.2, 0.25) is 0 Å². The van der Waals surface area contributed by atoms with Gasteiger partial charge in [-0.2, -0.15) is 0 Å². The van der Waals surface area contributed by atoms with Crippen LogP contribution in [0.5, 0.6) is 0 Å². The first-order chi connectivity index (χ1) is 8.54. The molecule has 1 aromatic carbocycles. The smallest absolute Gasteiger partial charge is 0.275 e. The van der Waals surface area contributed by atoms with E-state index in [1.165, 1.54) is 5.56 Å². The van der Waals surface area contributed by atoms with Crippen molar-refractivity contribution in [2.24, 2.45) is 0 Å². The van der Waals surface area contributed by atoms with Crippen LogP contribution in [-0.4, -0.2) is 16.8 Å². The highest BCUT2D eigenvalue weighted by Crippen LogP contribution is 2.14. The van der Waals surface area contributed by atoms with E-state index in [2.05, 4.69) is 16.5 Å². The van der Waals surface area contributed by atoms with Gasteiger partial charge in [0, 0.05) is 12.2 Å². The van der Waals surface area contributed by atoms with Gasteiger partial charge < -0.3 is 5.32 Å². The van der Waals surface area contributed by atoms with Gasteiger partial charge in [-0.15, -0.1) is 0 Å². The molecule has 4 nitrogen and oxygen atoms in total. The molecule has 0 atom stereocenters. The van der Waals surface area contributed by atoms with Crippen molar-refractivity contribution in [2.75, 3.05) is 7.05 Å². The minimum absolute atomic E-state index is 0.0220. The third-order valence-corrected chi connectivity index (χ3v) is 3.14. The van der Waals surface area contributed by atoms with Gasteiger partial charge in [-0.1, -0.05) is 17.7 Å². The number of hydrogen-bond donors (Lipinski definition) is 2. The molecule has 1 aromatic heterocycles. The maximum Gasteiger partial charge on any atom is 0.275 e. The van der Waals surface area contributed by atoms with Crippen LogP contribution in [-0.2, 0) is 6.54 Å². The Morgan fingerprint density at radius 1 is 1.28 bits per heavy atom. The van der Waals surface area contributed by atoms with E-state index in [4.69, 9.17) is 0 Å². The molecule has 0 bridgehead atoms. The van der Waals surface area contributed by atoms with E-state index in [1.54, 1.807) is 4.68 Å². The fourth-order valence-corrected chi connectivity index (χ4v) is 2.19. The van der Waals surface area contributed by atoms with Crippen molar-refractivity contribution in [3.05, 3.63) is 50.9 Å². The van der Waals surface area contributed by atoms with E-state index >= 15 is 0 Å². The van der Waals surface area contributed by atoms with Gasteiger partial charge in [0.25, 0.3) is 5.56 Å². The molecule has 0 fully saturated rings. The van der Waals surface area contributed by atoms with Crippen LogP contribution in [0.1, 0.15) is 22.4 Å². The Balaban J connectivity index is 2.58. The number of hydrogen-bond acceptors (Lipinski definition) is 2. The zero-order valence-electron chi connectivity index (χ0n) is 11.3. The van der Waals surface area contributed by atoms with Crippen molar-refractivity contribution >= 4 is 0 Å². The van der Waals surface area contributed by atoms with Gasteiger partial charge in [-0.3, -0.25) is 9.89 Å². The second-order valence-electron chi connectivity index (χ2n) is 4.68. The Morgan fingerprint density at radius 2 is 2.00 bits per heavy atom. The third kappa shape index (κ3) is 2.11. The number of H-pyrrole nitrogens is 1. The molecule has 1 heterocycles. The highest BCUT2D eigenvalue weighted by Gasteiger charge is 2.12. The van der Waals surface area contributed by atoms with Gasteiger partial charge in [-0.05, 0) is 39.4 Å². The molecule has 0 saturated carbocycles. The summed E-state index contributed by atoms with van der Waals surface area (Å²) in [5, 5.41) is 6.16. The molecule has 2 aromatic rings. The minimum Gasteiger partial charge on any atom is -0.315 e. The summed E-state index contributed by atoms with van der Waals surface area (Å²) in [6.07, 6.45) is 0. The standard InChI is InChI=1S/C14H19N3O/c1-9-5-6-13(10(2)7-9)17-14(18)12(8-15-4)11(3)16-17/h5-7,15-16H,8H2,1-4H3. The molecular formula is C14H19N3O. The Labute approximate surface area is 107 Å². The summed E-state index contributed by atoms with van der Waals surface area (Å²) >= 11 is 0. The summed E-state index contributed by atoms with van der Waals surface area (Å²) < 4.78 is 1.62. The molecular weight excluding hydrogens is 226 g/mol. The Morgan fingerprint density at radius 3 is 2.61 bits per heavy atom. The lowest BCUT2D eigenvalue weighted by atomic mass is 10.1. The van der Waals surface area contributed by atoms with Gasteiger partial charge in [0.1, 0.15) is 0 Å². The molecule has 0 saturated heterocycles. The van der Waals surface area contributed by atoms with Crippen molar-refractivity contribution in [3.63, 3.8) is 0 Å². The molecule has 0 aliphatic heterocycles.